The average Bonchev–Trinajstić information content (AvgIpc) is 2.47. The van der Waals surface area contributed by atoms with Crippen LogP contribution in [-0.2, 0) is 19.7 Å². The first kappa shape index (κ1) is 20.0. The summed E-state index contributed by atoms with van der Waals surface area (Å²) in [6.45, 7) is 7.72. The molecule has 0 aromatic heterocycles. The summed E-state index contributed by atoms with van der Waals surface area (Å²) in [4.78, 5) is 0. The molecule has 0 amide bonds. The number of unbranched alkanes of at least 4 members (excludes halogenated alkanes) is 2. The van der Waals surface area contributed by atoms with Gasteiger partial charge in [-0.15, -0.1) is 0 Å². The summed E-state index contributed by atoms with van der Waals surface area (Å²) in [6.07, 6.45) is 3.82. The maximum Gasteiger partial charge on any atom is 0.500 e. The Kier molecular flexibility index (Phi) is 9.24. The normalized spacial score (nSPS) is 11.8. The van der Waals surface area contributed by atoms with Gasteiger partial charge in [0.2, 0.25) is 0 Å². The Morgan fingerprint density at radius 2 is 1.30 bits per heavy atom. The SMILES string of the molecule is CCO[Si](CCCCCc1cc(O)cc(O)c1)(OCC)OCC. The topological polar surface area (TPSA) is 68.2 Å². The molecule has 0 spiro atoms. The zero-order valence-electron chi connectivity index (χ0n) is 14.5. The lowest BCUT2D eigenvalue weighted by Crippen LogP contribution is -2.45. The zero-order valence-corrected chi connectivity index (χ0v) is 15.5. The van der Waals surface area contributed by atoms with Crippen LogP contribution in [0.25, 0.3) is 0 Å². The Bertz CT molecular complexity index is 415. The van der Waals surface area contributed by atoms with Gasteiger partial charge < -0.3 is 23.5 Å². The molecule has 2 N–H and O–H groups in total. The Balaban J connectivity index is 2.40. The summed E-state index contributed by atoms with van der Waals surface area (Å²) in [5, 5.41) is 19.0. The molecular weight excluding hydrogens is 312 g/mol. The molecule has 0 heterocycles. The van der Waals surface area contributed by atoms with Gasteiger partial charge in [-0.1, -0.05) is 6.42 Å². The minimum Gasteiger partial charge on any atom is -0.508 e. The van der Waals surface area contributed by atoms with Crippen LogP contribution in [-0.4, -0.2) is 38.8 Å². The van der Waals surface area contributed by atoms with E-state index in [0.717, 1.165) is 37.3 Å². The van der Waals surface area contributed by atoms with Crippen molar-refractivity contribution in [3.63, 3.8) is 0 Å². The lowest BCUT2D eigenvalue weighted by Gasteiger charge is -2.28. The van der Waals surface area contributed by atoms with Crippen molar-refractivity contribution < 1.29 is 23.5 Å². The van der Waals surface area contributed by atoms with Crippen LogP contribution in [0.2, 0.25) is 6.04 Å². The van der Waals surface area contributed by atoms with E-state index in [9.17, 15) is 10.2 Å². The van der Waals surface area contributed by atoms with Gasteiger partial charge in [0.15, 0.2) is 0 Å². The van der Waals surface area contributed by atoms with E-state index in [1.807, 2.05) is 20.8 Å². The van der Waals surface area contributed by atoms with Crippen molar-refractivity contribution in [2.75, 3.05) is 19.8 Å². The fourth-order valence-electron chi connectivity index (χ4n) is 2.65. The van der Waals surface area contributed by atoms with Crippen molar-refractivity contribution in [3.05, 3.63) is 23.8 Å². The molecule has 1 aromatic rings. The zero-order chi connectivity index (χ0) is 17.1. The molecule has 0 fully saturated rings. The molecule has 5 nitrogen and oxygen atoms in total. The van der Waals surface area contributed by atoms with Crippen LogP contribution < -0.4 is 0 Å². The van der Waals surface area contributed by atoms with Gasteiger partial charge in [-0.05, 0) is 57.7 Å². The van der Waals surface area contributed by atoms with Crippen molar-refractivity contribution in [2.24, 2.45) is 0 Å². The largest absolute Gasteiger partial charge is 0.508 e. The van der Waals surface area contributed by atoms with Crippen molar-refractivity contribution in [1.82, 2.24) is 0 Å². The number of benzene rings is 1. The monoisotopic (exact) mass is 342 g/mol. The molecule has 1 rings (SSSR count). The summed E-state index contributed by atoms with van der Waals surface area (Å²) in [7, 11) is -2.52. The van der Waals surface area contributed by atoms with Crippen LogP contribution in [0.15, 0.2) is 18.2 Å². The molecule has 0 aliphatic rings. The highest BCUT2D eigenvalue weighted by Crippen LogP contribution is 2.23. The third-order valence-electron chi connectivity index (χ3n) is 3.50. The van der Waals surface area contributed by atoms with Crippen molar-refractivity contribution in [2.45, 2.75) is 52.5 Å². The summed E-state index contributed by atoms with van der Waals surface area (Å²) in [5.41, 5.74) is 0.949. The molecule has 0 saturated carbocycles. The molecule has 0 aliphatic carbocycles. The summed E-state index contributed by atoms with van der Waals surface area (Å²) < 4.78 is 17.5. The van der Waals surface area contributed by atoms with E-state index >= 15 is 0 Å². The van der Waals surface area contributed by atoms with E-state index in [0.29, 0.717) is 19.8 Å². The van der Waals surface area contributed by atoms with Crippen LogP contribution in [0.3, 0.4) is 0 Å². The quantitative estimate of drug-likeness (QED) is 0.446. The molecule has 132 valence electrons. The average molecular weight is 343 g/mol. The number of phenols is 2. The van der Waals surface area contributed by atoms with E-state index in [2.05, 4.69) is 0 Å². The van der Waals surface area contributed by atoms with E-state index in [1.165, 1.54) is 6.07 Å². The molecule has 0 saturated heterocycles. The lowest BCUT2D eigenvalue weighted by molar-refractivity contribution is 0.0706. The van der Waals surface area contributed by atoms with Gasteiger partial charge in [-0.2, -0.15) is 0 Å². The van der Waals surface area contributed by atoms with Crippen molar-refractivity contribution in [1.29, 1.82) is 0 Å². The standard InChI is InChI=1S/C17H30O5Si/c1-4-20-23(21-5-2,22-6-3)11-9-7-8-10-15-12-16(18)14-17(19)13-15/h12-14,18-19H,4-11H2,1-3H3. The van der Waals surface area contributed by atoms with Gasteiger partial charge in [0.1, 0.15) is 11.5 Å². The number of phenolic OH excluding ortho intramolecular Hbond substituents is 2. The second kappa shape index (κ2) is 10.6. The summed E-state index contributed by atoms with van der Waals surface area (Å²) >= 11 is 0. The van der Waals surface area contributed by atoms with Gasteiger partial charge in [-0.25, -0.2) is 0 Å². The second-order valence-corrected chi connectivity index (χ2v) is 8.13. The van der Waals surface area contributed by atoms with E-state index in [4.69, 9.17) is 13.3 Å². The van der Waals surface area contributed by atoms with Crippen LogP contribution >= 0.6 is 0 Å². The van der Waals surface area contributed by atoms with E-state index < -0.39 is 8.80 Å². The maximum absolute atomic E-state index is 9.48. The highest BCUT2D eigenvalue weighted by Gasteiger charge is 2.39. The smallest absolute Gasteiger partial charge is 0.500 e. The number of hydrogen-bond acceptors (Lipinski definition) is 5. The summed E-state index contributed by atoms with van der Waals surface area (Å²) in [6, 6.07) is 5.56. The lowest BCUT2D eigenvalue weighted by atomic mass is 10.1. The number of hydrogen-bond donors (Lipinski definition) is 2. The Labute approximate surface area is 140 Å². The predicted octanol–water partition coefficient (Wildman–Crippen LogP) is 3.86. The Morgan fingerprint density at radius 1 is 0.783 bits per heavy atom. The second-order valence-electron chi connectivity index (χ2n) is 5.40. The first-order chi connectivity index (χ1) is 11.0. The molecule has 23 heavy (non-hydrogen) atoms. The van der Waals surface area contributed by atoms with Crippen LogP contribution in [0.5, 0.6) is 11.5 Å². The van der Waals surface area contributed by atoms with Gasteiger partial charge in [-0.3, -0.25) is 0 Å². The summed E-state index contributed by atoms with van der Waals surface area (Å²) in [5.74, 6) is 0.214. The number of rotatable bonds is 12. The highest BCUT2D eigenvalue weighted by molar-refractivity contribution is 6.60. The van der Waals surface area contributed by atoms with Gasteiger partial charge in [0.25, 0.3) is 0 Å². The maximum atomic E-state index is 9.48. The third-order valence-corrected chi connectivity index (χ3v) is 6.65. The van der Waals surface area contributed by atoms with Gasteiger partial charge in [0.05, 0.1) is 0 Å². The van der Waals surface area contributed by atoms with Gasteiger partial charge >= 0.3 is 8.80 Å². The molecule has 1 aromatic carbocycles. The molecule has 0 atom stereocenters. The molecular formula is C17H30O5Si. The Morgan fingerprint density at radius 3 is 1.78 bits per heavy atom. The first-order valence-corrected chi connectivity index (χ1v) is 10.4. The minimum absolute atomic E-state index is 0.107. The minimum atomic E-state index is -2.52. The molecule has 0 bridgehead atoms. The van der Waals surface area contributed by atoms with Crippen LogP contribution in [0.4, 0.5) is 0 Å². The fourth-order valence-corrected chi connectivity index (χ4v) is 5.33. The van der Waals surface area contributed by atoms with Crippen LogP contribution in [0, 0.1) is 0 Å². The number of aryl methyl sites for hydroxylation is 1. The van der Waals surface area contributed by atoms with Crippen molar-refractivity contribution in [3.8, 4) is 11.5 Å². The molecule has 0 radical (unpaired) electrons. The van der Waals surface area contributed by atoms with E-state index in [-0.39, 0.29) is 11.5 Å². The Hall–Kier alpha value is -1.08. The third kappa shape index (κ3) is 7.35. The molecule has 6 heteroatoms. The fraction of sp³-hybridized carbons (Fsp3) is 0.647. The highest BCUT2D eigenvalue weighted by atomic mass is 28.4. The van der Waals surface area contributed by atoms with Crippen LogP contribution in [0.1, 0.15) is 45.6 Å². The van der Waals surface area contributed by atoms with Gasteiger partial charge in [0, 0.05) is 31.9 Å². The number of aromatic hydroxyl groups is 2. The molecule has 0 unspecified atom stereocenters. The molecule has 0 aliphatic heterocycles. The first-order valence-electron chi connectivity index (χ1n) is 8.49. The van der Waals surface area contributed by atoms with E-state index in [1.54, 1.807) is 12.1 Å². The predicted molar refractivity (Wildman–Crippen MR) is 92.8 cm³/mol. The van der Waals surface area contributed by atoms with Crippen molar-refractivity contribution >= 4 is 8.80 Å².